The number of benzene rings is 1. The van der Waals surface area contributed by atoms with Gasteiger partial charge in [-0.15, -0.1) is 23.5 Å². The van der Waals surface area contributed by atoms with Gasteiger partial charge >= 0.3 is 5.97 Å². The molecule has 1 aliphatic rings. The minimum atomic E-state index is -0.789. The zero-order valence-corrected chi connectivity index (χ0v) is 15.2. The molecule has 25 heavy (non-hydrogen) atoms. The molecule has 1 fully saturated rings. The highest BCUT2D eigenvalue weighted by Gasteiger charge is 2.22. The largest absolute Gasteiger partial charge is 0.459 e. The number of carbonyl (C=O) groups is 1. The molecule has 1 aromatic rings. The molecular formula is C15H18N2O6S2. The van der Waals surface area contributed by atoms with Crippen molar-refractivity contribution in [2.24, 2.45) is 0 Å². The van der Waals surface area contributed by atoms with Crippen LogP contribution in [-0.2, 0) is 4.74 Å². The summed E-state index contributed by atoms with van der Waals surface area (Å²) >= 11 is 3.81. The van der Waals surface area contributed by atoms with E-state index in [0.29, 0.717) is 11.0 Å². The highest BCUT2D eigenvalue weighted by molar-refractivity contribution is 8.17. The van der Waals surface area contributed by atoms with Gasteiger partial charge in [-0.3, -0.25) is 20.2 Å². The predicted octanol–water partition coefficient (Wildman–Crippen LogP) is 4.02. The maximum Gasteiger partial charge on any atom is 0.338 e. The maximum atomic E-state index is 12.2. The number of hydrogen-bond acceptors (Lipinski definition) is 8. The van der Waals surface area contributed by atoms with Crippen molar-refractivity contribution >= 4 is 40.9 Å². The number of esters is 1. The van der Waals surface area contributed by atoms with Gasteiger partial charge in [0.15, 0.2) is 0 Å². The van der Waals surface area contributed by atoms with E-state index in [1.165, 1.54) is 6.42 Å². The van der Waals surface area contributed by atoms with Crippen LogP contribution in [0.4, 0.5) is 11.4 Å². The van der Waals surface area contributed by atoms with Crippen LogP contribution in [0.1, 0.15) is 36.5 Å². The molecule has 0 aromatic heterocycles. The molecule has 1 aromatic carbocycles. The molecule has 0 radical (unpaired) electrons. The lowest BCUT2D eigenvalue weighted by molar-refractivity contribution is -0.394. The van der Waals surface area contributed by atoms with Crippen LogP contribution in [0, 0.1) is 20.2 Å². The summed E-state index contributed by atoms with van der Waals surface area (Å²) in [5.41, 5.74) is -1.21. The molecule has 0 bridgehead atoms. The molecule has 0 unspecified atom stereocenters. The zero-order valence-electron chi connectivity index (χ0n) is 13.6. The Balaban J connectivity index is 1.98. The molecule has 1 atom stereocenters. The number of nitro benzene ring substituents is 2. The topological polar surface area (TPSA) is 113 Å². The average Bonchev–Trinajstić information content (AvgIpc) is 2.60. The monoisotopic (exact) mass is 386 g/mol. The second-order valence-electron chi connectivity index (χ2n) is 5.57. The normalized spacial score (nSPS) is 16.2. The number of nitro groups is 2. The first-order valence-corrected chi connectivity index (χ1v) is 9.84. The number of ether oxygens (including phenoxy) is 1. The standard InChI is InChI=1S/C15H18N2O6S2/c1-10(3-4-14-24-5-2-6-25-14)23-15(18)11-7-12(16(19)20)9-13(8-11)17(21)22/h7-10,14H,2-6H2,1H3/t10-/m0/s1. The first-order chi connectivity index (χ1) is 11.9. The van der Waals surface area contributed by atoms with Gasteiger partial charge in [-0.2, -0.15) is 0 Å². The van der Waals surface area contributed by atoms with Crippen LogP contribution in [-0.4, -0.2) is 38.0 Å². The number of non-ortho nitro benzene ring substituents is 2. The smallest absolute Gasteiger partial charge is 0.338 e. The third-order valence-electron chi connectivity index (χ3n) is 3.57. The second-order valence-corrected chi connectivity index (χ2v) is 8.49. The van der Waals surface area contributed by atoms with E-state index in [-0.39, 0.29) is 11.7 Å². The Labute approximate surface area is 153 Å². The molecule has 0 spiro atoms. The van der Waals surface area contributed by atoms with Crippen LogP contribution in [0.3, 0.4) is 0 Å². The highest BCUT2D eigenvalue weighted by Crippen LogP contribution is 2.34. The fourth-order valence-corrected chi connectivity index (χ4v) is 5.21. The molecule has 1 heterocycles. The summed E-state index contributed by atoms with van der Waals surface area (Å²) < 4.78 is 5.79. The van der Waals surface area contributed by atoms with E-state index in [1.54, 1.807) is 6.92 Å². The quantitative estimate of drug-likeness (QED) is 0.392. The number of hydrogen-bond donors (Lipinski definition) is 0. The van der Waals surface area contributed by atoms with Crippen molar-refractivity contribution in [3.63, 3.8) is 0 Å². The molecule has 0 amide bonds. The van der Waals surface area contributed by atoms with Gasteiger partial charge in [0.25, 0.3) is 11.4 Å². The molecule has 0 N–H and O–H groups in total. The fraction of sp³-hybridized carbons (Fsp3) is 0.533. The Kier molecular flexibility index (Phi) is 7.06. The molecule has 0 saturated carbocycles. The van der Waals surface area contributed by atoms with E-state index in [0.717, 1.165) is 36.1 Å². The Morgan fingerprint density at radius 1 is 1.20 bits per heavy atom. The summed E-state index contributed by atoms with van der Waals surface area (Å²) in [6.45, 7) is 1.75. The molecule has 2 rings (SSSR count). The van der Waals surface area contributed by atoms with Crippen LogP contribution in [0.25, 0.3) is 0 Å². The minimum Gasteiger partial charge on any atom is -0.459 e. The summed E-state index contributed by atoms with van der Waals surface area (Å²) in [6.07, 6.45) is 2.42. The van der Waals surface area contributed by atoms with Crippen molar-refractivity contribution in [1.82, 2.24) is 0 Å². The van der Waals surface area contributed by atoms with E-state index < -0.39 is 27.2 Å². The number of thioether (sulfide) groups is 2. The summed E-state index contributed by atoms with van der Waals surface area (Å²) in [5.74, 6) is 1.50. The van der Waals surface area contributed by atoms with E-state index in [2.05, 4.69) is 0 Å². The van der Waals surface area contributed by atoms with Gasteiger partial charge < -0.3 is 4.74 Å². The lowest BCUT2D eigenvalue weighted by Crippen LogP contribution is -2.17. The van der Waals surface area contributed by atoms with Crippen molar-refractivity contribution in [3.8, 4) is 0 Å². The van der Waals surface area contributed by atoms with Crippen molar-refractivity contribution in [3.05, 3.63) is 44.0 Å². The maximum absolute atomic E-state index is 12.2. The Bertz CT molecular complexity index is 631. The predicted molar refractivity (Wildman–Crippen MR) is 97.2 cm³/mol. The van der Waals surface area contributed by atoms with Gasteiger partial charge in [0.1, 0.15) is 0 Å². The van der Waals surface area contributed by atoms with Crippen LogP contribution >= 0.6 is 23.5 Å². The summed E-state index contributed by atoms with van der Waals surface area (Å²) in [4.78, 5) is 32.4. The van der Waals surface area contributed by atoms with Crippen LogP contribution in [0.5, 0.6) is 0 Å². The lowest BCUT2D eigenvalue weighted by atomic mass is 10.1. The summed E-state index contributed by atoms with van der Waals surface area (Å²) in [6, 6.07) is 2.81. The average molecular weight is 386 g/mol. The number of rotatable bonds is 7. The molecule has 0 aliphatic carbocycles. The first kappa shape index (κ1) is 19.5. The van der Waals surface area contributed by atoms with E-state index in [1.807, 2.05) is 23.5 Å². The summed E-state index contributed by atoms with van der Waals surface area (Å²) in [5, 5.41) is 21.8. The van der Waals surface area contributed by atoms with Crippen molar-refractivity contribution in [2.45, 2.75) is 36.9 Å². The lowest BCUT2D eigenvalue weighted by Gasteiger charge is -2.22. The van der Waals surface area contributed by atoms with Crippen LogP contribution in [0.15, 0.2) is 18.2 Å². The highest BCUT2D eigenvalue weighted by atomic mass is 32.2. The van der Waals surface area contributed by atoms with Crippen molar-refractivity contribution in [2.75, 3.05) is 11.5 Å². The van der Waals surface area contributed by atoms with Crippen molar-refractivity contribution in [1.29, 1.82) is 0 Å². The fourth-order valence-electron chi connectivity index (χ4n) is 2.31. The molecule has 1 aliphatic heterocycles. The SMILES string of the molecule is C[C@@H](CCC1SCCCS1)OC(=O)c1cc([N+](=O)[O-])cc([N+](=O)[O-])c1. The Morgan fingerprint density at radius 3 is 2.28 bits per heavy atom. The van der Waals surface area contributed by atoms with Gasteiger partial charge in [-0.1, -0.05) is 0 Å². The molecule has 1 saturated heterocycles. The van der Waals surface area contributed by atoms with E-state index >= 15 is 0 Å². The Morgan fingerprint density at radius 2 is 1.76 bits per heavy atom. The molecular weight excluding hydrogens is 368 g/mol. The first-order valence-electron chi connectivity index (χ1n) is 7.75. The minimum absolute atomic E-state index is 0.186. The van der Waals surface area contributed by atoms with Gasteiger partial charge in [0, 0.05) is 12.1 Å². The van der Waals surface area contributed by atoms with Crippen LogP contribution < -0.4 is 0 Å². The number of nitrogens with zero attached hydrogens (tertiary/aromatic N) is 2. The number of carbonyl (C=O) groups excluding carboxylic acids is 1. The van der Waals surface area contributed by atoms with Gasteiger partial charge in [0.2, 0.25) is 0 Å². The van der Waals surface area contributed by atoms with Crippen molar-refractivity contribution < 1.29 is 19.4 Å². The van der Waals surface area contributed by atoms with Gasteiger partial charge in [-0.25, -0.2) is 4.79 Å². The molecule has 136 valence electrons. The van der Waals surface area contributed by atoms with Gasteiger partial charge in [0.05, 0.1) is 32.2 Å². The molecule has 8 nitrogen and oxygen atoms in total. The van der Waals surface area contributed by atoms with Gasteiger partial charge in [-0.05, 0) is 37.7 Å². The summed E-state index contributed by atoms with van der Waals surface area (Å²) in [7, 11) is 0. The Hall–Kier alpha value is -1.81. The van der Waals surface area contributed by atoms with E-state index in [4.69, 9.17) is 4.74 Å². The zero-order chi connectivity index (χ0) is 18.4. The third-order valence-corrected chi connectivity index (χ3v) is 6.65. The molecule has 10 heteroatoms. The van der Waals surface area contributed by atoms with E-state index in [9.17, 15) is 25.0 Å². The third kappa shape index (κ3) is 5.89. The van der Waals surface area contributed by atoms with Crippen LogP contribution in [0.2, 0.25) is 0 Å². The second kappa shape index (κ2) is 9.04.